The fourth-order valence-corrected chi connectivity index (χ4v) is 3.43. The van der Waals surface area contributed by atoms with Gasteiger partial charge in [-0.2, -0.15) is 0 Å². The third kappa shape index (κ3) is 4.20. The van der Waals surface area contributed by atoms with E-state index in [9.17, 15) is 0 Å². The summed E-state index contributed by atoms with van der Waals surface area (Å²) in [5.41, 5.74) is 3.07. The third-order valence-corrected chi connectivity index (χ3v) is 4.15. The summed E-state index contributed by atoms with van der Waals surface area (Å²) in [4.78, 5) is 2.34. The number of benzene rings is 1. The van der Waals surface area contributed by atoms with Crippen molar-refractivity contribution >= 4 is 11.6 Å². The van der Waals surface area contributed by atoms with Crippen molar-refractivity contribution in [3.05, 3.63) is 35.4 Å². The van der Waals surface area contributed by atoms with Gasteiger partial charge in [-0.3, -0.25) is 0 Å². The Balaban J connectivity index is 1.93. The van der Waals surface area contributed by atoms with Crippen LogP contribution in [0.5, 0.6) is 0 Å². The molecule has 0 fully saturated rings. The summed E-state index contributed by atoms with van der Waals surface area (Å²) in [5.74, 6) is 0.654. The summed E-state index contributed by atoms with van der Waals surface area (Å²) >= 11 is 6.23. The predicted octanol–water partition coefficient (Wildman–Crippen LogP) is 3.29. The Bertz CT molecular complexity index is 396. The van der Waals surface area contributed by atoms with Gasteiger partial charge in [0.05, 0.1) is 12.0 Å². The number of hydrogen-bond acceptors (Lipinski definition) is 2. The molecule has 1 aliphatic carbocycles. The number of fused-ring (bicyclic) bond motifs is 1. The van der Waals surface area contributed by atoms with Crippen molar-refractivity contribution in [1.82, 2.24) is 4.90 Å². The van der Waals surface area contributed by atoms with E-state index in [2.05, 4.69) is 36.2 Å². The summed E-state index contributed by atoms with van der Waals surface area (Å²) in [5, 5.41) is 0.0776. The lowest BCUT2D eigenvalue weighted by Crippen LogP contribution is -2.33. The molecule has 0 amide bonds. The Morgan fingerprint density at radius 2 is 2.21 bits per heavy atom. The standard InChI is InChI=1S/C16H24ClNO/c1-18(11-15(17)12-19-2)10-14-8-5-7-13-6-3-4-9-16(13)14/h3-4,6,9,14-15H,5,7-8,10-12H2,1-2H3. The molecule has 0 heterocycles. The van der Waals surface area contributed by atoms with Crippen LogP contribution in [0.4, 0.5) is 0 Å². The van der Waals surface area contributed by atoms with Gasteiger partial charge in [0.1, 0.15) is 0 Å². The molecule has 0 saturated heterocycles. The molecule has 0 bridgehead atoms. The van der Waals surface area contributed by atoms with Crippen LogP contribution < -0.4 is 0 Å². The molecule has 0 N–H and O–H groups in total. The summed E-state index contributed by atoms with van der Waals surface area (Å²) < 4.78 is 5.09. The fourth-order valence-electron chi connectivity index (χ4n) is 3.07. The van der Waals surface area contributed by atoms with E-state index in [1.54, 1.807) is 12.7 Å². The van der Waals surface area contributed by atoms with Gasteiger partial charge in [0.15, 0.2) is 0 Å². The molecule has 2 nitrogen and oxygen atoms in total. The number of hydrogen-bond donors (Lipinski definition) is 0. The number of rotatable bonds is 6. The second-order valence-electron chi connectivity index (χ2n) is 5.56. The van der Waals surface area contributed by atoms with Crippen LogP contribution in [0.15, 0.2) is 24.3 Å². The van der Waals surface area contributed by atoms with Crippen LogP contribution in [0, 0.1) is 0 Å². The number of ether oxygens (including phenoxy) is 1. The first kappa shape index (κ1) is 14.8. The lowest BCUT2D eigenvalue weighted by Gasteiger charge is -2.30. The lowest BCUT2D eigenvalue weighted by atomic mass is 9.82. The van der Waals surface area contributed by atoms with Crippen molar-refractivity contribution in [2.24, 2.45) is 0 Å². The largest absolute Gasteiger partial charge is 0.383 e. The van der Waals surface area contributed by atoms with Crippen LogP contribution in [0.2, 0.25) is 0 Å². The van der Waals surface area contributed by atoms with Gasteiger partial charge in [-0.05, 0) is 43.4 Å². The molecule has 0 radical (unpaired) electrons. The molecule has 2 unspecified atom stereocenters. The van der Waals surface area contributed by atoms with Crippen molar-refractivity contribution in [2.75, 3.05) is 33.9 Å². The molecule has 0 aromatic heterocycles. The Hall–Kier alpha value is -0.570. The second-order valence-corrected chi connectivity index (χ2v) is 6.18. The number of aryl methyl sites for hydroxylation is 1. The lowest BCUT2D eigenvalue weighted by molar-refractivity contribution is 0.180. The Morgan fingerprint density at radius 1 is 1.42 bits per heavy atom. The molecule has 3 heteroatoms. The van der Waals surface area contributed by atoms with E-state index in [1.165, 1.54) is 24.8 Å². The predicted molar refractivity (Wildman–Crippen MR) is 81.1 cm³/mol. The molecule has 0 aliphatic heterocycles. The fraction of sp³-hybridized carbons (Fsp3) is 0.625. The Labute approximate surface area is 121 Å². The van der Waals surface area contributed by atoms with Crippen LogP contribution >= 0.6 is 11.6 Å². The summed E-state index contributed by atoms with van der Waals surface area (Å²) in [6.45, 7) is 2.59. The van der Waals surface area contributed by atoms with Gasteiger partial charge in [0, 0.05) is 20.2 Å². The molecule has 2 atom stereocenters. The van der Waals surface area contributed by atoms with Crippen molar-refractivity contribution in [1.29, 1.82) is 0 Å². The van der Waals surface area contributed by atoms with Crippen LogP contribution in [-0.4, -0.2) is 44.1 Å². The van der Waals surface area contributed by atoms with Crippen LogP contribution in [0.3, 0.4) is 0 Å². The highest BCUT2D eigenvalue weighted by Crippen LogP contribution is 2.31. The molecule has 1 aliphatic rings. The van der Waals surface area contributed by atoms with E-state index in [-0.39, 0.29) is 5.38 Å². The highest BCUT2D eigenvalue weighted by molar-refractivity contribution is 6.20. The monoisotopic (exact) mass is 281 g/mol. The van der Waals surface area contributed by atoms with Gasteiger partial charge in [0.2, 0.25) is 0 Å². The molecule has 1 aromatic rings. The number of halogens is 1. The maximum atomic E-state index is 6.23. The third-order valence-electron chi connectivity index (χ3n) is 3.88. The molecular weight excluding hydrogens is 258 g/mol. The van der Waals surface area contributed by atoms with Gasteiger partial charge in [0.25, 0.3) is 0 Å². The summed E-state index contributed by atoms with van der Waals surface area (Å²) in [6.07, 6.45) is 3.83. The van der Waals surface area contributed by atoms with Gasteiger partial charge in [-0.25, -0.2) is 0 Å². The average Bonchev–Trinajstić information content (AvgIpc) is 2.39. The second kappa shape index (κ2) is 7.28. The SMILES string of the molecule is COCC(Cl)CN(C)CC1CCCc2ccccc21. The molecule has 1 aromatic carbocycles. The maximum absolute atomic E-state index is 6.23. The number of methoxy groups -OCH3 is 1. The first-order valence-electron chi connectivity index (χ1n) is 7.10. The maximum Gasteiger partial charge on any atom is 0.0696 e. The minimum absolute atomic E-state index is 0.0776. The van der Waals surface area contributed by atoms with Gasteiger partial charge >= 0.3 is 0 Å². The van der Waals surface area contributed by atoms with Crippen LogP contribution in [-0.2, 0) is 11.2 Å². The number of likely N-dealkylation sites (N-methyl/N-ethyl adjacent to an activating group) is 1. The smallest absolute Gasteiger partial charge is 0.0696 e. The van der Waals surface area contributed by atoms with E-state index < -0.39 is 0 Å². The Morgan fingerprint density at radius 3 is 3.00 bits per heavy atom. The first-order valence-corrected chi connectivity index (χ1v) is 7.53. The first-order chi connectivity index (χ1) is 9.20. The van der Waals surface area contributed by atoms with E-state index in [0.717, 1.165) is 13.1 Å². The summed E-state index contributed by atoms with van der Waals surface area (Å²) in [6, 6.07) is 8.88. The van der Waals surface area contributed by atoms with E-state index in [4.69, 9.17) is 16.3 Å². The zero-order chi connectivity index (χ0) is 13.7. The van der Waals surface area contributed by atoms with Gasteiger partial charge in [-0.15, -0.1) is 11.6 Å². The normalized spacial score (nSPS) is 20.3. The highest BCUT2D eigenvalue weighted by atomic mass is 35.5. The van der Waals surface area contributed by atoms with Crippen molar-refractivity contribution < 1.29 is 4.74 Å². The minimum atomic E-state index is 0.0776. The quantitative estimate of drug-likeness (QED) is 0.742. The van der Waals surface area contributed by atoms with Gasteiger partial charge in [-0.1, -0.05) is 24.3 Å². The number of alkyl halides is 1. The molecule has 2 rings (SSSR count). The molecular formula is C16H24ClNO. The molecule has 19 heavy (non-hydrogen) atoms. The molecule has 106 valence electrons. The zero-order valence-corrected chi connectivity index (χ0v) is 12.7. The Kier molecular flexibility index (Phi) is 5.68. The zero-order valence-electron chi connectivity index (χ0n) is 11.9. The van der Waals surface area contributed by atoms with Crippen molar-refractivity contribution in [2.45, 2.75) is 30.6 Å². The summed E-state index contributed by atoms with van der Waals surface area (Å²) in [7, 11) is 3.86. The average molecular weight is 282 g/mol. The van der Waals surface area contributed by atoms with E-state index >= 15 is 0 Å². The van der Waals surface area contributed by atoms with Crippen LogP contribution in [0.25, 0.3) is 0 Å². The highest BCUT2D eigenvalue weighted by Gasteiger charge is 2.21. The van der Waals surface area contributed by atoms with E-state index in [1.807, 2.05) is 0 Å². The number of nitrogens with zero attached hydrogens (tertiary/aromatic N) is 1. The van der Waals surface area contributed by atoms with Crippen LogP contribution in [0.1, 0.15) is 29.9 Å². The van der Waals surface area contributed by atoms with Crippen molar-refractivity contribution in [3.8, 4) is 0 Å². The molecule has 0 saturated carbocycles. The van der Waals surface area contributed by atoms with Gasteiger partial charge < -0.3 is 9.64 Å². The molecule has 0 spiro atoms. The topological polar surface area (TPSA) is 12.5 Å². The minimum Gasteiger partial charge on any atom is -0.383 e. The van der Waals surface area contributed by atoms with Crippen molar-refractivity contribution in [3.63, 3.8) is 0 Å². The van der Waals surface area contributed by atoms with E-state index in [0.29, 0.717) is 12.5 Å².